The summed E-state index contributed by atoms with van der Waals surface area (Å²) in [6, 6.07) is 13.4. The minimum Gasteiger partial charge on any atom is -0.469 e. The molecule has 0 aliphatic carbocycles. The fraction of sp³-hybridized carbons (Fsp3) is 0.381. The van der Waals surface area contributed by atoms with Gasteiger partial charge in [-0.2, -0.15) is 13.2 Å². The topological polar surface area (TPSA) is 29.5 Å². The van der Waals surface area contributed by atoms with Gasteiger partial charge in [-0.3, -0.25) is 9.69 Å². The first kappa shape index (κ1) is 19.4. The van der Waals surface area contributed by atoms with Gasteiger partial charge in [-0.25, -0.2) is 0 Å². The third-order valence-corrected chi connectivity index (χ3v) is 4.91. The van der Waals surface area contributed by atoms with Crippen LogP contribution < -0.4 is 0 Å². The first-order valence-electron chi connectivity index (χ1n) is 8.87. The summed E-state index contributed by atoms with van der Waals surface area (Å²) in [4.78, 5) is 13.9. The van der Waals surface area contributed by atoms with Crippen LogP contribution in [0.1, 0.15) is 28.7 Å². The molecule has 0 saturated heterocycles. The zero-order valence-corrected chi connectivity index (χ0v) is 15.1. The molecular weight excluding hydrogens is 355 g/mol. The van der Waals surface area contributed by atoms with E-state index in [1.54, 1.807) is 0 Å². The van der Waals surface area contributed by atoms with Crippen molar-refractivity contribution in [2.75, 3.05) is 13.7 Å². The minimum atomic E-state index is -4.33. The van der Waals surface area contributed by atoms with Crippen molar-refractivity contribution in [1.29, 1.82) is 0 Å². The standard InChI is InChI=1S/C21H22F3NO2/c1-27-20(26)11-16-10-17-4-2-3-5-18(17)14-25(13-16)12-15-6-8-19(9-7-15)21(22,23)24/h2-9,16H,10-14H2,1H3. The number of rotatable bonds is 4. The zero-order valence-electron chi connectivity index (χ0n) is 15.1. The van der Waals surface area contributed by atoms with Crippen LogP contribution in [0.2, 0.25) is 0 Å². The van der Waals surface area contributed by atoms with E-state index in [2.05, 4.69) is 17.0 Å². The fourth-order valence-electron chi connectivity index (χ4n) is 3.59. The number of fused-ring (bicyclic) bond motifs is 1. The van der Waals surface area contributed by atoms with E-state index in [1.807, 2.05) is 12.1 Å². The van der Waals surface area contributed by atoms with Gasteiger partial charge in [0, 0.05) is 26.1 Å². The molecule has 0 spiro atoms. The number of alkyl halides is 3. The largest absolute Gasteiger partial charge is 0.469 e. The lowest BCUT2D eigenvalue weighted by molar-refractivity contribution is -0.142. The second-order valence-corrected chi connectivity index (χ2v) is 6.98. The predicted molar refractivity (Wildman–Crippen MR) is 95.8 cm³/mol. The lowest BCUT2D eigenvalue weighted by Crippen LogP contribution is -2.29. The van der Waals surface area contributed by atoms with E-state index >= 15 is 0 Å². The van der Waals surface area contributed by atoms with E-state index in [0.717, 1.165) is 24.1 Å². The van der Waals surface area contributed by atoms with E-state index in [9.17, 15) is 18.0 Å². The second kappa shape index (κ2) is 8.13. The molecule has 1 aliphatic heterocycles. The third kappa shape index (κ3) is 5.10. The smallest absolute Gasteiger partial charge is 0.416 e. The van der Waals surface area contributed by atoms with Gasteiger partial charge in [-0.05, 0) is 41.2 Å². The summed E-state index contributed by atoms with van der Waals surface area (Å²) in [5.74, 6) is -0.135. The van der Waals surface area contributed by atoms with Crippen molar-refractivity contribution in [1.82, 2.24) is 4.90 Å². The van der Waals surface area contributed by atoms with Crippen LogP contribution in [0.5, 0.6) is 0 Å². The van der Waals surface area contributed by atoms with Crippen molar-refractivity contribution in [3.8, 4) is 0 Å². The van der Waals surface area contributed by atoms with Gasteiger partial charge in [0.1, 0.15) is 0 Å². The Morgan fingerprint density at radius 2 is 1.78 bits per heavy atom. The molecule has 0 saturated carbocycles. The molecule has 0 aromatic heterocycles. The molecule has 2 aromatic rings. The number of benzene rings is 2. The van der Waals surface area contributed by atoms with Crippen LogP contribution in [0.3, 0.4) is 0 Å². The first-order chi connectivity index (χ1) is 12.8. The van der Waals surface area contributed by atoms with Gasteiger partial charge >= 0.3 is 12.1 Å². The number of hydrogen-bond donors (Lipinski definition) is 0. The van der Waals surface area contributed by atoms with Crippen LogP contribution in [-0.4, -0.2) is 24.5 Å². The Morgan fingerprint density at radius 3 is 2.41 bits per heavy atom. The molecule has 0 fully saturated rings. The molecule has 2 aromatic carbocycles. The Labute approximate surface area is 156 Å². The van der Waals surface area contributed by atoms with E-state index < -0.39 is 11.7 Å². The number of methoxy groups -OCH3 is 1. The monoisotopic (exact) mass is 377 g/mol. The van der Waals surface area contributed by atoms with Gasteiger partial charge < -0.3 is 4.74 Å². The lowest BCUT2D eigenvalue weighted by atomic mass is 9.95. The molecule has 6 heteroatoms. The zero-order chi connectivity index (χ0) is 19.4. The van der Waals surface area contributed by atoms with Crippen molar-refractivity contribution in [3.63, 3.8) is 0 Å². The summed E-state index contributed by atoms with van der Waals surface area (Å²) in [6.45, 7) is 1.92. The van der Waals surface area contributed by atoms with E-state index in [1.165, 1.54) is 30.4 Å². The summed E-state index contributed by atoms with van der Waals surface area (Å²) in [5, 5.41) is 0. The average molecular weight is 377 g/mol. The van der Waals surface area contributed by atoms with Crippen LogP contribution >= 0.6 is 0 Å². The van der Waals surface area contributed by atoms with Crippen LogP contribution in [0.4, 0.5) is 13.2 Å². The highest BCUT2D eigenvalue weighted by molar-refractivity contribution is 5.69. The summed E-state index contributed by atoms with van der Waals surface area (Å²) in [7, 11) is 1.38. The van der Waals surface area contributed by atoms with Gasteiger partial charge in [-0.1, -0.05) is 36.4 Å². The quantitative estimate of drug-likeness (QED) is 0.738. The number of ether oxygens (including phenoxy) is 1. The molecular formula is C21H22F3NO2. The Morgan fingerprint density at radius 1 is 1.11 bits per heavy atom. The molecule has 0 N–H and O–H groups in total. The molecule has 1 unspecified atom stereocenters. The van der Waals surface area contributed by atoms with Crippen LogP contribution in [0, 0.1) is 5.92 Å². The number of halogens is 3. The van der Waals surface area contributed by atoms with Crippen LogP contribution in [-0.2, 0) is 35.2 Å². The summed E-state index contributed by atoms with van der Waals surface area (Å²) < 4.78 is 43.1. The second-order valence-electron chi connectivity index (χ2n) is 6.98. The molecule has 3 nitrogen and oxygen atoms in total. The van der Waals surface area contributed by atoms with Crippen molar-refractivity contribution in [2.24, 2.45) is 5.92 Å². The molecule has 0 amide bonds. The molecule has 1 aliphatic rings. The third-order valence-electron chi connectivity index (χ3n) is 4.91. The lowest BCUT2D eigenvalue weighted by Gasteiger charge is -2.24. The molecule has 0 radical (unpaired) electrons. The minimum absolute atomic E-state index is 0.107. The number of nitrogens with zero attached hydrogens (tertiary/aromatic N) is 1. The van der Waals surface area contributed by atoms with E-state index in [0.29, 0.717) is 26.1 Å². The molecule has 0 bridgehead atoms. The van der Waals surface area contributed by atoms with Crippen molar-refractivity contribution in [2.45, 2.75) is 32.1 Å². The van der Waals surface area contributed by atoms with Gasteiger partial charge in [0.15, 0.2) is 0 Å². The SMILES string of the molecule is COC(=O)CC1Cc2ccccc2CN(Cc2ccc(C(F)(F)F)cc2)C1. The number of carbonyl (C=O) groups excluding carboxylic acids is 1. The molecule has 1 heterocycles. The highest BCUT2D eigenvalue weighted by atomic mass is 19.4. The van der Waals surface area contributed by atoms with Crippen molar-refractivity contribution < 1.29 is 22.7 Å². The highest BCUT2D eigenvalue weighted by Crippen LogP contribution is 2.30. The summed E-state index contributed by atoms with van der Waals surface area (Å²) in [5.41, 5.74) is 2.58. The first-order valence-corrected chi connectivity index (χ1v) is 8.87. The van der Waals surface area contributed by atoms with Gasteiger partial charge in [0.05, 0.1) is 12.7 Å². The Bertz CT molecular complexity index is 787. The highest BCUT2D eigenvalue weighted by Gasteiger charge is 2.30. The molecule has 3 rings (SSSR count). The van der Waals surface area contributed by atoms with Crippen molar-refractivity contribution in [3.05, 3.63) is 70.8 Å². The van der Waals surface area contributed by atoms with E-state index in [-0.39, 0.29) is 11.9 Å². The Balaban J connectivity index is 1.78. The maximum atomic E-state index is 12.7. The summed E-state index contributed by atoms with van der Waals surface area (Å²) >= 11 is 0. The van der Waals surface area contributed by atoms with Gasteiger partial charge in [0.2, 0.25) is 0 Å². The number of carbonyl (C=O) groups is 1. The maximum absolute atomic E-state index is 12.7. The average Bonchev–Trinajstić information content (AvgIpc) is 2.79. The molecule has 144 valence electrons. The Kier molecular flexibility index (Phi) is 5.85. The van der Waals surface area contributed by atoms with Crippen LogP contribution in [0.25, 0.3) is 0 Å². The summed E-state index contributed by atoms with van der Waals surface area (Å²) in [6.07, 6.45) is -3.21. The number of esters is 1. The normalized spacial score (nSPS) is 17.9. The predicted octanol–water partition coefficient (Wildman–Crippen LogP) is 4.44. The molecule has 1 atom stereocenters. The van der Waals surface area contributed by atoms with Gasteiger partial charge in [-0.15, -0.1) is 0 Å². The van der Waals surface area contributed by atoms with Crippen LogP contribution in [0.15, 0.2) is 48.5 Å². The van der Waals surface area contributed by atoms with Crippen molar-refractivity contribution >= 4 is 5.97 Å². The maximum Gasteiger partial charge on any atom is 0.416 e. The number of hydrogen-bond acceptors (Lipinski definition) is 3. The fourth-order valence-corrected chi connectivity index (χ4v) is 3.59. The van der Waals surface area contributed by atoms with Gasteiger partial charge in [0.25, 0.3) is 0 Å². The Hall–Kier alpha value is -2.34. The van der Waals surface area contributed by atoms with E-state index in [4.69, 9.17) is 4.74 Å². The molecule has 27 heavy (non-hydrogen) atoms.